The zero-order valence-electron chi connectivity index (χ0n) is 16.8. The Morgan fingerprint density at radius 2 is 1.86 bits per heavy atom. The van der Waals surface area contributed by atoms with Crippen LogP contribution in [0.5, 0.6) is 5.75 Å². The summed E-state index contributed by atoms with van der Waals surface area (Å²) >= 11 is 0. The molecule has 0 unspecified atom stereocenters. The molecule has 1 N–H and O–H groups in total. The van der Waals surface area contributed by atoms with Crippen LogP contribution in [0.15, 0.2) is 24.3 Å². The van der Waals surface area contributed by atoms with Gasteiger partial charge in [0.05, 0.1) is 13.0 Å². The molecule has 8 heteroatoms. The van der Waals surface area contributed by atoms with Gasteiger partial charge < -0.3 is 10.1 Å². The van der Waals surface area contributed by atoms with Crippen LogP contribution in [-0.2, 0) is 21.5 Å². The quantitative estimate of drug-likeness (QED) is 0.779. The summed E-state index contributed by atoms with van der Waals surface area (Å²) in [5, 5.41) is 2.95. The molecule has 1 aromatic rings. The lowest BCUT2D eigenvalue weighted by molar-refractivity contribution is -0.126. The van der Waals surface area contributed by atoms with Gasteiger partial charge in [-0.2, -0.15) is 17.0 Å². The SMILES string of the molecule is COc1ccccc1CNC(=O)[C@@H]1CCCN(S(=O)(=O)N2CCC(C)CC2)C1. The number of piperidine rings is 2. The molecule has 3 rings (SSSR count). The molecule has 2 saturated heterocycles. The van der Waals surface area contributed by atoms with Crippen LogP contribution >= 0.6 is 0 Å². The zero-order valence-corrected chi connectivity index (χ0v) is 17.6. The standard InChI is InChI=1S/C20H31N3O4S/c1-16-9-12-22(13-10-16)28(25,26)23-11-5-7-18(15-23)20(24)21-14-17-6-3-4-8-19(17)27-2/h3-4,6,8,16,18H,5,7,9-15H2,1-2H3,(H,21,24)/t18-/m1/s1. The lowest BCUT2D eigenvalue weighted by Crippen LogP contribution is -2.52. The molecule has 0 aliphatic carbocycles. The number of amides is 1. The number of hydrogen-bond donors (Lipinski definition) is 1. The van der Waals surface area contributed by atoms with Crippen molar-refractivity contribution in [2.75, 3.05) is 33.3 Å². The average molecular weight is 410 g/mol. The fraction of sp³-hybridized carbons (Fsp3) is 0.650. The molecule has 0 spiro atoms. The van der Waals surface area contributed by atoms with Crippen LogP contribution in [0.25, 0.3) is 0 Å². The maximum Gasteiger partial charge on any atom is 0.281 e. The van der Waals surface area contributed by atoms with Crippen LogP contribution in [0, 0.1) is 11.8 Å². The summed E-state index contributed by atoms with van der Waals surface area (Å²) in [6.45, 7) is 4.43. The van der Waals surface area contributed by atoms with Crippen LogP contribution in [0.3, 0.4) is 0 Å². The largest absolute Gasteiger partial charge is 0.496 e. The van der Waals surface area contributed by atoms with Gasteiger partial charge in [-0.3, -0.25) is 4.79 Å². The van der Waals surface area contributed by atoms with E-state index in [0.717, 1.165) is 24.2 Å². The van der Waals surface area contributed by atoms with Crippen molar-refractivity contribution < 1.29 is 17.9 Å². The normalized spacial score (nSPS) is 22.7. The molecule has 1 amide bonds. The van der Waals surface area contributed by atoms with Crippen molar-refractivity contribution in [3.63, 3.8) is 0 Å². The molecule has 0 aromatic heterocycles. The van der Waals surface area contributed by atoms with Crippen LogP contribution in [0.1, 0.15) is 38.2 Å². The molecule has 1 aromatic carbocycles. The number of carbonyl (C=O) groups excluding carboxylic acids is 1. The van der Waals surface area contributed by atoms with Crippen molar-refractivity contribution in [1.82, 2.24) is 13.9 Å². The fourth-order valence-corrected chi connectivity index (χ4v) is 5.65. The summed E-state index contributed by atoms with van der Waals surface area (Å²) in [5.41, 5.74) is 0.904. The maximum absolute atomic E-state index is 13.0. The first-order valence-electron chi connectivity index (χ1n) is 10.1. The summed E-state index contributed by atoms with van der Waals surface area (Å²) in [7, 11) is -1.88. The Labute approximate surface area is 168 Å². The first-order valence-corrected chi connectivity index (χ1v) is 11.5. The highest BCUT2D eigenvalue weighted by molar-refractivity contribution is 7.86. The van der Waals surface area contributed by atoms with Crippen LogP contribution < -0.4 is 10.1 Å². The second-order valence-corrected chi connectivity index (χ2v) is 9.74. The number of methoxy groups -OCH3 is 1. The Bertz CT molecular complexity index is 775. The van der Waals surface area contributed by atoms with E-state index in [0.29, 0.717) is 44.9 Å². The van der Waals surface area contributed by atoms with E-state index in [9.17, 15) is 13.2 Å². The summed E-state index contributed by atoms with van der Waals surface area (Å²) in [6, 6.07) is 7.55. The first-order chi connectivity index (χ1) is 13.4. The molecule has 0 saturated carbocycles. The van der Waals surface area contributed by atoms with Gasteiger partial charge in [-0.25, -0.2) is 0 Å². The van der Waals surface area contributed by atoms with Crippen LogP contribution in [0.2, 0.25) is 0 Å². The zero-order chi connectivity index (χ0) is 20.1. The Hall–Kier alpha value is -1.64. The smallest absolute Gasteiger partial charge is 0.281 e. The monoisotopic (exact) mass is 409 g/mol. The maximum atomic E-state index is 13.0. The Balaban J connectivity index is 1.58. The number of benzene rings is 1. The average Bonchev–Trinajstić information content (AvgIpc) is 2.72. The second-order valence-electron chi connectivity index (χ2n) is 7.82. The third kappa shape index (κ3) is 4.85. The number of carbonyl (C=O) groups is 1. The third-order valence-corrected chi connectivity index (χ3v) is 7.80. The Morgan fingerprint density at radius 1 is 1.14 bits per heavy atom. The summed E-state index contributed by atoms with van der Waals surface area (Å²) in [6.07, 6.45) is 3.21. The van der Waals surface area contributed by atoms with Crippen LogP contribution in [0.4, 0.5) is 0 Å². The minimum absolute atomic E-state index is 0.0990. The lowest BCUT2D eigenvalue weighted by atomic mass is 9.98. The number of nitrogens with one attached hydrogen (secondary N) is 1. The number of para-hydroxylation sites is 1. The minimum atomic E-state index is -3.49. The number of hydrogen-bond acceptors (Lipinski definition) is 4. The van der Waals surface area contributed by atoms with E-state index in [1.807, 2.05) is 24.3 Å². The van der Waals surface area contributed by atoms with E-state index in [1.165, 1.54) is 4.31 Å². The van der Waals surface area contributed by atoms with Crippen molar-refractivity contribution in [1.29, 1.82) is 0 Å². The highest BCUT2D eigenvalue weighted by Crippen LogP contribution is 2.25. The van der Waals surface area contributed by atoms with Crippen LogP contribution in [-0.4, -0.2) is 56.2 Å². The molecule has 0 radical (unpaired) electrons. The topological polar surface area (TPSA) is 79.0 Å². The Kier molecular flexibility index (Phi) is 6.95. The van der Waals surface area contributed by atoms with Gasteiger partial charge in [0.15, 0.2) is 0 Å². The molecule has 0 bridgehead atoms. The first kappa shape index (κ1) is 21.1. The highest BCUT2D eigenvalue weighted by Gasteiger charge is 2.36. The van der Waals surface area contributed by atoms with Crippen molar-refractivity contribution in [3.8, 4) is 5.75 Å². The summed E-state index contributed by atoms with van der Waals surface area (Å²) < 4.78 is 34.4. The van der Waals surface area contributed by atoms with E-state index in [4.69, 9.17) is 4.74 Å². The fourth-order valence-electron chi connectivity index (χ4n) is 3.92. The summed E-state index contributed by atoms with van der Waals surface area (Å²) in [5.74, 6) is 0.885. The molecular formula is C20H31N3O4S. The van der Waals surface area contributed by atoms with Crippen molar-refractivity contribution in [2.24, 2.45) is 11.8 Å². The van der Waals surface area contributed by atoms with Crippen molar-refractivity contribution in [2.45, 2.75) is 39.2 Å². The van der Waals surface area contributed by atoms with E-state index in [1.54, 1.807) is 11.4 Å². The minimum Gasteiger partial charge on any atom is -0.496 e. The van der Waals surface area contributed by atoms with Gasteiger partial charge in [-0.1, -0.05) is 25.1 Å². The molecule has 1 atom stereocenters. The molecule has 7 nitrogen and oxygen atoms in total. The van der Waals surface area contributed by atoms with Gasteiger partial charge in [-0.05, 0) is 37.7 Å². The predicted molar refractivity (Wildman–Crippen MR) is 108 cm³/mol. The second kappa shape index (κ2) is 9.24. The van der Waals surface area contributed by atoms with Gasteiger partial charge in [0, 0.05) is 38.3 Å². The van der Waals surface area contributed by atoms with Gasteiger partial charge >= 0.3 is 0 Å². The molecule has 2 aliphatic heterocycles. The van der Waals surface area contributed by atoms with Gasteiger partial charge in [0.2, 0.25) is 5.91 Å². The van der Waals surface area contributed by atoms with E-state index in [2.05, 4.69) is 12.2 Å². The molecule has 28 heavy (non-hydrogen) atoms. The number of rotatable bonds is 6. The highest BCUT2D eigenvalue weighted by atomic mass is 32.2. The van der Waals surface area contributed by atoms with Gasteiger partial charge in [0.25, 0.3) is 10.2 Å². The molecule has 2 aliphatic rings. The van der Waals surface area contributed by atoms with Gasteiger partial charge in [-0.15, -0.1) is 0 Å². The van der Waals surface area contributed by atoms with Gasteiger partial charge in [0.1, 0.15) is 5.75 Å². The number of ether oxygens (including phenoxy) is 1. The predicted octanol–water partition coefficient (Wildman–Crippen LogP) is 2.00. The molecule has 2 heterocycles. The van der Waals surface area contributed by atoms with E-state index in [-0.39, 0.29) is 18.4 Å². The number of nitrogens with zero attached hydrogens (tertiary/aromatic N) is 2. The van der Waals surface area contributed by atoms with E-state index < -0.39 is 10.2 Å². The van der Waals surface area contributed by atoms with E-state index >= 15 is 0 Å². The summed E-state index contributed by atoms with van der Waals surface area (Å²) in [4.78, 5) is 12.7. The van der Waals surface area contributed by atoms with Crippen molar-refractivity contribution >= 4 is 16.1 Å². The molecule has 2 fully saturated rings. The Morgan fingerprint density at radius 3 is 2.57 bits per heavy atom. The lowest BCUT2D eigenvalue weighted by Gasteiger charge is -2.37. The third-order valence-electron chi connectivity index (χ3n) is 5.80. The molecular weight excluding hydrogens is 378 g/mol. The van der Waals surface area contributed by atoms with Crippen molar-refractivity contribution in [3.05, 3.63) is 29.8 Å². The molecule has 156 valence electrons.